The molecule has 2 saturated carbocycles. The number of thiazole rings is 1. The molecule has 4 aliphatic rings. The number of piperazine rings is 1. The first kappa shape index (κ1) is 53.2. The Hall–Kier alpha value is -6.64. The molecule has 0 bridgehead atoms. The highest BCUT2D eigenvalue weighted by Gasteiger charge is 2.40. The van der Waals surface area contributed by atoms with Gasteiger partial charge in [0.15, 0.2) is 5.78 Å². The van der Waals surface area contributed by atoms with Crippen molar-refractivity contribution in [2.24, 2.45) is 5.92 Å². The van der Waals surface area contributed by atoms with E-state index >= 15 is 0 Å². The molecule has 2 saturated heterocycles. The van der Waals surface area contributed by atoms with Crippen LogP contribution in [0.25, 0.3) is 11.0 Å². The first-order valence-corrected chi connectivity index (χ1v) is 27.5. The zero-order valence-corrected chi connectivity index (χ0v) is 44.3. The Morgan fingerprint density at radius 3 is 2.36 bits per heavy atom. The summed E-state index contributed by atoms with van der Waals surface area (Å²) in [4.78, 5) is 105. The minimum absolute atomic E-state index is 0.0166. The minimum Gasteiger partial charge on any atom is -0.491 e. The molecule has 4 fully saturated rings. The van der Waals surface area contributed by atoms with Crippen molar-refractivity contribution in [3.63, 3.8) is 0 Å². The van der Waals surface area contributed by atoms with Crippen LogP contribution in [0.5, 0.6) is 5.75 Å². The second-order valence-corrected chi connectivity index (χ2v) is 21.1. The number of pyridine rings is 2. The standard InChI is InChI=1S/C55H69N11O8S/c1-34-42-32-58-55(62-50(42)66(39-15-8-9-16-39)53(71)47(34)36(3)67)60-45-20-19-40(31-57-45)63-23-25-64(26-24-63)46(68)21-27-73-28-29-74-41-17-10-14-38(30-41)49(69)43-33-75-52(59-43)44-18-11-22-65(44)54(72)48(37-12-6-5-7-13-37)61-51(70)35(2)56-4/h10,14,17,19-20,30-33,35,37,39,44,48,56H,5-9,11-13,15-16,18,21-29H2,1-4H3,(H,61,70)(H,57,58,60,62)/t35?,44-,48?/m0/s1. The van der Waals surface area contributed by atoms with E-state index < -0.39 is 12.1 Å². The average Bonchev–Trinajstić information content (AvgIpc) is 4.26. The fraction of sp³-hybridized carbons (Fsp3) is 0.527. The van der Waals surface area contributed by atoms with Crippen LogP contribution in [0.4, 0.5) is 17.5 Å². The van der Waals surface area contributed by atoms with Gasteiger partial charge in [-0.3, -0.25) is 33.3 Å². The molecule has 6 heterocycles. The molecule has 0 spiro atoms. The van der Waals surface area contributed by atoms with Crippen molar-refractivity contribution >= 4 is 69.1 Å². The fourth-order valence-electron chi connectivity index (χ4n) is 11.1. The van der Waals surface area contributed by atoms with E-state index in [1.54, 1.807) is 67.5 Å². The molecule has 20 heteroatoms. The summed E-state index contributed by atoms with van der Waals surface area (Å²) >= 11 is 1.38. The second-order valence-electron chi connectivity index (χ2n) is 20.2. The van der Waals surface area contributed by atoms with Gasteiger partial charge in [-0.2, -0.15) is 4.98 Å². The first-order valence-electron chi connectivity index (χ1n) is 26.7. The van der Waals surface area contributed by atoms with Gasteiger partial charge in [-0.1, -0.05) is 44.2 Å². The predicted molar refractivity (Wildman–Crippen MR) is 286 cm³/mol. The number of hydrogen-bond donors (Lipinski definition) is 3. The van der Waals surface area contributed by atoms with E-state index in [9.17, 15) is 28.8 Å². The normalized spacial score (nSPS) is 18.3. The number of rotatable bonds is 20. The van der Waals surface area contributed by atoms with E-state index in [1.165, 1.54) is 18.3 Å². The number of carbonyl (C=O) groups excluding carboxylic acids is 5. The van der Waals surface area contributed by atoms with E-state index in [0.717, 1.165) is 76.3 Å². The van der Waals surface area contributed by atoms with Gasteiger partial charge in [0, 0.05) is 61.3 Å². The fourth-order valence-corrected chi connectivity index (χ4v) is 12.0. The number of ketones is 2. The zero-order chi connectivity index (χ0) is 52.6. The van der Waals surface area contributed by atoms with Crippen molar-refractivity contribution in [3.8, 4) is 5.75 Å². The SMILES string of the molecule is CNC(C)C(=O)NC(C(=O)N1CCC[C@H]1c1nc(C(=O)c2cccc(OCCOCCC(=O)N3CCN(c4ccc(Nc5ncc6c(C)c(C(C)=O)c(=O)n(C7CCCC7)c6n5)nc4)CC3)c2)cs1)C1CCCCC1. The van der Waals surface area contributed by atoms with Gasteiger partial charge < -0.3 is 40.1 Å². The number of amides is 3. The molecule has 3 atom stereocenters. The van der Waals surface area contributed by atoms with Gasteiger partial charge in [0.25, 0.3) is 5.56 Å². The lowest BCUT2D eigenvalue weighted by atomic mass is 9.83. The minimum atomic E-state index is -0.594. The molecule has 2 aliphatic heterocycles. The van der Waals surface area contributed by atoms with Crippen molar-refractivity contribution in [1.82, 2.24) is 44.9 Å². The number of aryl methyl sites for hydroxylation is 1. The molecule has 3 N–H and O–H groups in total. The lowest BCUT2D eigenvalue weighted by Crippen LogP contribution is -2.55. The van der Waals surface area contributed by atoms with Gasteiger partial charge in [0.1, 0.15) is 40.6 Å². The summed E-state index contributed by atoms with van der Waals surface area (Å²) in [5.41, 5.74) is 2.67. The van der Waals surface area contributed by atoms with Gasteiger partial charge in [0.2, 0.25) is 29.5 Å². The van der Waals surface area contributed by atoms with Gasteiger partial charge in [-0.05, 0) is 102 Å². The topological polar surface area (TPSA) is 223 Å². The first-order chi connectivity index (χ1) is 36.4. The molecular weight excluding hydrogens is 975 g/mol. The van der Waals surface area contributed by atoms with Gasteiger partial charge in [-0.25, -0.2) is 15.0 Å². The largest absolute Gasteiger partial charge is 0.491 e. The summed E-state index contributed by atoms with van der Waals surface area (Å²) in [7, 11) is 1.73. The lowest BCUT2D eigenvalue weighted by Gasteiger charge is -2.36. The number of anilines is 3. The average molecular weight is 1040 g/mol. The Labute approximate surface area is 441 Å². The quantitative estimate of drug-likeness (QED) is 0.0544. The molecule has 4 aromatic heterocycles. The smallest absolute Gasteiger partial charge is 0.263 e. The molecule has 0 radical (unpaired) electrons. The predicted octanol–water partition coefficient (Wildman–Crippen LogP) is 6.71. The monoisotopic (exact) mass is 1040 g/mol. The number of ether oxygens (including phenoxy) is 2. The highest BCUT2D eigenvalue weighted by molar-refractivity contribution is 7.10. The molecule has 9 rings (SSSR count). The number of likely N-dealkylation sites (tertiary alicyclic amines) is 1. The Balaban J connectivity index is 0.703. The third kappa shape index (κ3) is 12.2. The molecule has 2 aliphatic carbocycles. The van der Waals surface area contributed by atoms with Gasteiger partial charge in [-0.15, -0.1) is 11.3 Å². The molecule has 19 nitrogen and oxygen atoms in total. The van der Waals surface area contributed by atoms with Crippen LogP contribution in [0.15, 0.2) is 59.0 Å². The maximum atomic E-state index is 14.2. The lowest BCUT2D eigenvalue weighted by molar-refractivity contribution is -0.139. The van der Waals surface area contributed by atoms with Crippen LogP contribution in [0, 0.1) is 12.8 Å². The number of fused-ring (bicyclic) bond motifs is 1. The van der Waals surface area contributed by atoms with Crippen LogP contribution in [0.3, 0.4) is 0 Å². The van der Waals surface area contributed by atoms with Crippen molar-refractivity contribution in [1.29, 1.82) is 0 Å². The molecule has 2 unspecified atom stereocenters. The van der Waals surface area contributed by atoms with E-state index in [1.807, 2.05) is 21.9 Å². The second kappa shape index (κ2) is 24.4. The summed E-state index contributed by atoms with van der Waals surface area (Å²) in [5, 5.41) is 12.4. The molecule has 398 valence electrons. The number of hydrogen-bond acceptors (Lipinski definition) is 16. The van der Waals surface area contributed by atoms with Crippen LogP contribution in [-0.2, 0) is 19.1 Å². The maximum absolute atomic E-state index is 14.2. The van der Waals surface area contributed by atoms with E-state index in [4.69, 9.17) is 19.4 Å². The Morgan fingerprint density at radius 2 is 1.63 bits per heavy atom. The van der Waals surface area contributed by atoms with Gasteiger partial charge >= 0.3 is 0 Å². The molecule has 5 aromatic rings. The van der Waals surface area contributed by atoms with Crippen LogP contribution in [-0.4, -0.2) is 135 Å². The molecule has 75 heavy (non-hydrogen) atoms. The van der Waals surface area contributed by atoms with E-state index in [-0.39, 0.29) is 84.7 Å². The number of benzene rings is 1. The highest BCUT2D eigenvalue weighted by Crippen LogP contribution is 2.37. The number of carbonyl (C=O) groups is 5. The van der Waals surface area contributed by atoms with Crippen molar-refractivity contribution in [2.45, 2.75) is 122 Å². The summed E-state index contributed by atoms with van der Waals surface area (Å²) in [5.74, 6) is 0.710. The van der Waals surface area contributed by atoms with Crippen LogP contribution < -0.4 is 31.1 Å². The summed E-state index contributed by atoms with van der Waals surface area (Å²) in [6.07, 6.45) is 14.0. The zero-order valence-electron chi connectivity index (χ0n) is 43.5. The van der Waals surface area contributed by atoms with Crippen LogP contribution in [0.1, 0.15) is 140 Å². The number of Topliss-reactive ketones (excluding diaryl/α,β-unsaturated/α-hetero) is 1. The van der Waals surface area contributed by atoms with Crippen molar-refractivity contribution in [2.75, 3.05) is 69.8 Å². The number of aromatic nitrogens is 5. The number of likely N-dealkylation sites (N-methyl/N-ethyl adjacent to an activating group) is 1. The molecule has 3 amide bonds. The highest BCUT2D eigenvalue weighted by atomic mass is 32.1. The van der Waals surface area contributed by atoms with Crippen molar-refractivity contribution < 1.29 is 33.4 Å². The van der Waals surface area contributed by atoms with Crippen molar-refractivity contribution in [3.05, 3.63) is 91.9 Å². The van der Waals surface area contributed by atoms with Gasteiger partial charge in [0.05, 0.1) is 49.2 Å². The maximum Gasteiger partial charge on any atom is 0.263 e. The van der Waals surface area contributed by atoms with E-state index in [0.29, 0.717) is 83.1 Å². The Bertz CT molecular complexity index is 2930. The third-order valence-corrected chi connectivity index (χ3v) is 16.3. The Kier molecular flexibility index (Phi) is 17.3. The number of nitrogens with zero attached hydrogens (tertiary/aromatic N) is 8. The molecular formula is C55H69N11O8S. The number of nitrogens with one attached hydrogen (secondary N) is 3. The summed E-state index contributed by atoms with van der Waals surface area (Å²) in [6, 6.07) is 9.48. The Morgan fingerprint density at radius 1 is 0.853 bits per heavy atom. The third-order valence-electron chi connectivity index (χ3n) is 15.4. The van der Waals surface area contributed by atoms with Crippen LogP contribution in [0.2, 0.25) is 0 Å². The summed E-state index contributed by atoms with van der Waals surface area (Å²) in [6.45, 7) is 8.73. The van der Waals surface area contributed by atoms with E-state index in [2.05, 4.69) is 30.8 Å². The molecule has 1 aromatic carbocycles. The summed E-state index contributed by atoms with van der Waals surface area (Å²) < 4.78 is 13.4. The van der Waals surface area contributed by atoms with Crippen LogP contribution >= 0.6 is 11.3 Å².